The summed E-state index contributed by atoms with van der Waals surface area (Å²) >= 11 is 5.69. The first-order valence-corrected chi connectivity index (χ1v) is 7.69. The summed E-state index contributed by atoms with van der Waals surface area (Å²) in [6.07, 6.45) is 2.50. The van der Waals surface area contributed by atoms with Crippen LogP contribution in [0, 0.1) is 0 Å². The number of halogens is 1. The van der Waals surface area contributed by atoms with Crippen LogP contribution in [-0.2, 0) is 10.1 Å². The van der Waals surface area contributed by atoms with Crippen molar-refractivity contribution >= 4 is 33.6 Å². The Labute approximate surface area is 155 Å². The van der Waals surface area contributed by atoms with E-state index < -0.39 is 15.0 Å². The first-order valence-electron chi connectivity index (χ1n) is 5.91. The van der Waals surface area contributed by atoms with Crippen molar-refractivity contribution in [3.8, 4) is 0 Å². The number of carbonyl (C=O) groups is 1. The van der Waals surface area contributed by atoms with Crippen LogP contribution in [0.3, 0.4) is 0 Å². The number of allylic oxidation sites excluding steroid dienone is 1. The molecule has 0 unspecified atom stereocenters. The maximum absolute atomic E-state index is 11.9. The van der Waals surface area contributed by atoms with E-state index in [9.17, 15) is 17.8 Å². The van der Waals surface area contributed by atoms with E-state index in [1.807, 2.05) is 0 Å². The molecular formula is C15H10ClNaO4S. The molecule has 0 heterocycles. The molecule has 0 N–H and O–H groups in total. The normalized spacial score (nSPS) is 11.2. The molecule has 4 nitrogen and oxygen atoms in total. The summed E-state index contributed by atoms with van der Waals surface area (Å²) in [6.45, 7) is 0. The molecule has 0 spiro atoms. The molecule has 0 radical (unpaired) electrons. The molecule has 0 bridgehead atoms. The van der Waals surface area contributed by atoms with Gasteiger partial charge in [-0.1, -0.05) is 48.0 Å². The van der Waals surface area contributed by atoms with E-state index in [0.29, 0.717) is 5.56 Å². The van der Waals surface area contributed by atoms with Crippen LogP contribution in [0.1, 0.15) is 15.9 Å². The van der Waals surface area contributed by atoms with E-state index in [1.165, 1.54) is 24.3 Å². The number of carbonyl (C=O) groups excluding carboxylic acids is 1. The van der Waals surface area contributed by atoms with Crippen LogP contribution >= 0.6 is 11.6 Å². The smallest absolute Gasteiger partial charge is 0.744 e. The van der Waals surface area contributed by atoms with Crippen molar-refractivity contribution < 1.29 is 47.3 Å². The Bertz CT molecular complexity index is 802. The summed E-state index contributed by atoms with van der Waals surface area (Å²) < 4.78 is 33.6. The summed E-state index contributed by atoms with van der Waals surface area (Å²) in [6, 6.07) is 12.4. The molecule has 0 aliphatic carbocycles. The summed E-state index contributed by atoms with van der Waals surface area (Å²) in [7, 11) is -4.67. The Morgan fingerprint density at radius 1 is 1.09 bits per heavy atom. The second-order valence-corrected chi connectivity index (χ2v) is 5.98. The van der Waals surface area contributed by atoms with Crippen LogP contribution in [0.4, 0.5) is 0 Å². The monoisotopic (exact) mass is 344 g/mol. The summed E-state index contributed by atoms with van der Waals surface area (Å²) in [5.74, 6) is -0.292. The molecule has 108 valence electrons. The van der Waals surface area contributed by atoms with E-state index in [1.54, 1.807) is 30.3 Å². The van der Waals surface area contributed by atoms with Gasteiger partial charge in [-0.2, -0.15) is 0 Å². The van der Waals surface area contributed by atoms with E-state index in [2.05, 4.69) is 0 Å². The molecule has 0 aliphatic rings. The van der Waals surface area contributed by atoms with Crippen LogP contribution in [0.2, 0.25) is 5.02 Å². The molecule has 0 saturated heterocycles. The Balaban J connectivity index is 0.00000242. The molecule has 0 saturated carbocycles. The third-order valence-corrected chi connectivity index (χ3v) is 3.84. The van der Waals surface area contributed by atoms with E-state index >= 15 is 0 Å². The quantitative estimate of drug-likeness (QED) is 0.342. The Kier molecular flexibility index (Phi) is 6.99. The number of hydrogen-bond donors (Lipinski definition) is 0. The Morgan fingerprint density at radius 3 is 2.32 bits per heavy atom. The maximum atomic E-state index is 11.9. The SMILES string of the molecule is O=C(/C=C/c1ccc(Cl)cc1S(=O)(=O)[O-])c1ccccc1.[Na+]. The molecule has 2 aromatic rings. The van der Waals surface area contributed by atoms with Crippen molar-refractivity contribution in [1.82, 2.24) is 0 Å². The van der Waals surface area contributed by atoms with E-state index in [4.69, 9.17) is 11.6 Å². The van der Waals surface area contributed by atoms with Crippen LogP contribution in [0.15, 0.2) is 59.5 Å². The van der Waals surface area contributed by atoms with Crippen molar-refractivity contribution in [3.63, 3.8) is 0 Å². The van der Waals surface area contributed by atoms with Gasteiger partial charge in [0.15, 0.2) is 5.78 Å². The van der Waals surface area contributed by atoms with Gasteiger partial charge in [-0.25, -0.2) is 8.42 Å². The molecule has 0 aliphatic heterocycles. The second-order valence-electron chi connectivity index (χ2n) is 4.20. The van der Waals surface area contributed by atoms with E-state index in [0.717, 1.165) is 6.07 Å². The maximum Gasteiger partial charge on any atom is 1.00 e. The number of benzene rings is 2. The van der Waals surface area contributed by atoms with Gasteiger partial charge in [0.1, 0.15) is 10.1 Å². The van der Waals surface area contributed by atoms with Crippen molar-refractivity contribution in [1.29, 1.82) is 0 Å². The molecule has 0 fully saturated rings. The molecule has 22 heavy (non-hydrogen) atoms. The van der Waals surface area contributed by atoms with Gasteiger partial charge >= 0.3 is 29.6 Å². The third-order valence-electron chi connectivity index (χ3n) is 2.72. The molecule has 2 aromatic carbocycles. The zero-order valence-corrected chi connectivity index (χ0v) is 15.3. The molecule has 0 amide bonds. The number of rotatable bonds is 4. The van der Waals surface area contributed by atoms with Gasteiger partial charge in [0, 0.05) is 10.6 Å². The van der Waals surface area contributed by atoms with Gasteiger partial charge in [0.2, 0.25) is 0 Å². The standard InChI is InChI=1S/C15H11ClO4S.Na/c16-13-8-6-12(15(10-13)21(18,19)20)7-9-14(17)11-4-2-1-3-5-11;/h1-10H,(H,18,19,20);/q;+1/p-1/b9-7+;. The van der Waals surface area contributed by atoms with Gasteiger partial charge in [-0.15, -0.1) is 0 Å². The van der Waals surface area contributed by atoms with Crippen molar-refractivity contribution in [2.24, 2.45) is 0 Å². The molecule has 0 atom stereocenters. The zero-order valence-electron chi connectivity index (χ0n) is 11.7. The molecule has 2 rings (SSSR count). The average molecular weight is 345 g/mol. The minimum absolute atomic E-state index is 0. The number of ketones is 1. The van der Waals surface area contributed by atoms with Gasteiger partial charge in [0.05, 0.1) is 4.90 Å². The molecule has 7 heteroatoms. The fourth-order valence-electron chi connectivity index (χ4n) is 1.73. The summed E-state index contributed by atoms with van der Waals surface area (Å²) in [4.78, 5) is 11.5. The fourth-order valence-corrected chi connectivity index (χ4v) is 2.66. The average Bonchev–Trinajstić information content (AvgIpc) is 2.45. The summed E-state index contributed by atoms with van der Waals surface area (Å²) in [5, 5.41) is 0.135. The minimum atomic E-state index is -4.67. The van der Waals surface area contributed by atoms with Crippen LogP contribution in [0.5, 0.6) is 0 Å². The first kappa shape index (κ1) is 19.1. The molecular weight excluding hydrogens is 335 g/mol. The van der Waals surface area contributed by atoms with Gasteiger partial charge in [0.25, 0.3) is 0 Å². The van der Waals surface area contributed by atoms with Crippen molar-refractivity contribution in [2.45, 2.75) is 4.90 Å². The van der Waals surface area contributed by atoms with E-state index in [-0.39, 0.29) is 45.9 Å². The third kappa shape index (κ3) is 5.05. The predicted octanol–water partition coefficient (Wildman–Crippen LogP) is 0.144. The van der Waals surface area contributed by atoms with Gasteiger partial charge < -0.3 is 4.55 Å². The second kappa shape index (κ2) is 8.06. The van der Waals surface area contributed by atoms with Gasteiger partial charge in [-0.3, -0.25) is 4.79 Å². The Morgan fingerprint density at radius 2 is 1.73 bits per heavy atom. The van der Waals surface area contributed by atoms with Crippen LogP contribution in [-0.4, -0.2) is 18.8 Å². The van der Waals surface area contributed by atoms with Gasteiger partial charge in [-0.05, 0) is 29.8 Å². The Hall–Kier alpha value is -0.950. The number of hydrogen-bond acceptors (Lipinski definition) is 4. The molecule has 0 aromatic heterocycles. The minimum Gasteiger partial charge on any atom is -0.744 e. The van der Waals surface area contributed by atoms with Crippen molar-refractivity contribution in [3.05, 3.63) is 70.8 Å². The fraction of sp³-hybridized carbons (Fsp3) is 0. The predicted molar refractivity (Wildman–Crippen MR) is 79.2 cm³/mol. The zero-order chi connectivity index (χ0) is 15.5. The summed E-state index contributed by atoms with van der Waals surface area (Å²) in [5.41, 5.74) is 0.591. The largest absolute Gasteiger partial charge is 1.00 e. The topological polar surface area (TPSA) is 74.3 Å². The van der Waals surface area contributed by atoms with Crippen LogP contribution < -0.4 is 29.6 Å². The first-order chi connectivity index (χ1) is 9.88. The van der Waals surface area contributed by atoms with Crippen molar-refractivity contribution in [2.75, 3.05) is 0 Å². The van der Waals surface area contributed by atoms with Crippen LogP contribution in [0.25, 0.3) is 6.08 Å².